The third-order valence-corrected chi connectivity index (χ3v) is 4.29. The van der Waals surface area contributed by atoms with Crippen molar-refractivity contribution in [3.8, 4) is 0 Å². The van der Waals surface area contributed by atoms with Crippen LogP contribution in [0.4, 0.5) is 0 Å². The fraction of sp³-hybridized carbons (Fsp3) is 1.00. The molecule has 2 unspecified atom stereocenters. The topological polar surface area (TPSA) is 39.7 Å². The molecule has 17 heavy (non-hydrogen) atoms. The van der Waals surface area contributed by atoms with Crippen molar-refractivity contribution < 1.29 is 14.2 Å². The smallest absolute Gasteiger partial charge is 0.0878 e. The zero-order valence-electron chi connectivity index (χ0n) is 11.0. The van der Waals surface area contributed by atoms with E-state index < -0.39 is 0 Å². The molecule has 0 spiro atoms. The molecule has 0 saturated carbocycles. The summed E-state index contributed by atoms with van der Waals surface area (Å²) in [4.78, 5) is 0. The van der Waals surface area contributed by atoms with E-state index in [4.69, 9.17) is 14.2 Å². The molecule has 2 fully saturated rings. The van der Waals surface area contributed by atoms with Crippen molar-refractivity contribution in [2.75, 3.05) is 40.6 Å². The third-order valence-electron chi connectivity index (χ3n) is 4.29. The van der Waals surface area contributed by atoms with Crippen LogP contribution in [0.5, 0.6) is 0 Å². The van der Waals surface area contributed by atoms with Gasteiger partial charge in [-0.1, -0.05) is 0 Å². The van der Waals surface area contributed by atoms with Crippen LogP contribution >= 0.6 is 0 Å². The Hall–Kier alpha value is -0.160. The van der Waals surface area contributed by atoms with E-state index >= 15 is 0 Å². The highest BCUT2D eigenvalue weighted by molar-refractivity contribution is 4.98. The highest BCUT2D eigenvalue weighted by Crippen LogP contribution is 2.34. The van der Waals surface area contributed by atoms with Crippen LogP contribution < -0.4 is 5.32 Å². The van der Waals surface area contributed by atoms with Crippen molar-refractivity contribution in [1.29, 1.82) is 0 Å². The van der Waals surface area contributed by atoms with Crippen LogP contribution in [-0.2, 0) is 14.2 Å². The molecular weight excluding hydrogens is 218 g/mol. The Bertz CT molecular complexity index is 223. The van der Waals surface area contributed by atoms with E-state index in [0.29, 0.717) is 12.0 Å². The maximum atomic E-state index is 5.89. The Morgan fingerprint density at radius 2 is 2.00 bits per heavy atom. The van der Waals surface area contributed by atoms with Gasteiger partial charge >= 0.3 is 0 Å². The first-order chi connectivity index (χ1) is 8.32. The molecule has 2 heterocycles. The number of methoxy groups -OCH3 is 1. The standard InChI is InChI=1S/C13H25NO3/c1-14-12(11-4-3-7-17-10-11)13(15-2)5-8-16-9-6-13/h11-12,14H,3-10H2,1-2H3. The lowest BCUT2D eigenvalue weighted by Gasteiger charge is -2.46. The van der Waals surface area contributed by atoms with Gasteiger partial charge in [0, 0.05) is 51.7 Å². The molecule has 2 rings (SSSR count). The summed E-state index contributed by atoms with van der Waals surface area (Å²) >= 11 is 0. The Morgan fingerprint density at radius 1 is 1.24 bits per heavy atom. The van der Waals surface area contributed by atoms with Crippen LogP contribution in [0.3, 0.4) is 0 Å². The van der Waals surface area contributed by atoms with Crippen LogP contribution in [-0.4, -0.2) is 52.2 Å². The van der Waals surface area contributed by atoms with Gasteiger partial charge in [0.15, 0.2) is 0 Å². The average molecular weight is 243 g/mol. The van der Waals surface area contributed by atoms with Crippen molar-refractivity contribution in [2.24, 2.45) is 5.92 Å². The second-order valence-electron chi connectivity index (χ2n) is 5.12. The maximum absolute atomic E-state index is 5.89. The zero-order chi connectivity index (χ0) is 12.1. The molecule has 2 aliphatic rings. The average Bonchev–Trinajstić information content (AvgIpc) is 2.42. The summed E-state index contributed by atoms with van der Waals surface area (Å²) in [5.41, 5.74) is -0.0711. The minimum atomic E-state index is -0.0711. The van der Waals surface area contributed by atoms with Gasteiger partial charge in [0.2, 0.25) is 0 Å². The first kappa shape index (κ1) is 13.3. The van der Waals surface area contributed by atoms with E-state index in [-0.39, 0.29) is 5.60 Å². The van der Waals surface area contributed by atoms with Crippen LogP contribution in [0, 0.1) is 5.92 Å². The first-order valence-corrected chi connectivity index (χ1v) is 6.70. The van der Waals surface area contributed by atoms with E-state index in [1.165, 1.54) is 12.8 Å². The lowest BCUT2D eigenvalue weighted by atomic mass is 9.77. The summed E-state index contributed by atoms with van der Waals surface area (Å²) in [5.74, 6) is 0.562. The lowest BCUT2D eigenvalue weighted by molar-refractivity contribution is -0.129. The SMILES string of the molecule is CNC(C1CCCOC1)C1(OC)CCOCC1. The Kier molecular flexibility index (Phi) is 4.79. The molecule has 2 aliphatic heterocycles. The number of rotatable bonds is 4. The normalized spacial score (nSPS) is 31.1. The minimum Gasteiger partial charge on any atom is -0.381 e. The van der Waals surface area contributed by atoms with Gasteiger partial charge in [-0.05, 0) is 19.9 Å². The Balaban J connectivity index is 2.07. The van der Waals surface area contributed by atoms with Crippen LogP contribution in [0.15, 0.2) is 0 Å². The second-order valence-corrected chi connectivity index (χ2v) is 5.12. The van der Waals surface area contributed by atoms with E-state index in [0.717, 1.165) is 39.3 Å². The number of ether oxygens (including phenoxy) is 3. The molecule has 2 saturated heterocycles. The highest BCUT2D eigenvalue weighted by Gasteiger charge is 2.44. The Morgan fingerprint density at radius 3 is 2.53 bits per heavy atom. The fourth-order valence-corrected chi connectivity index (χ4v) is 3.32. The molecule has 0 amide bonds. The predicted molar refractivity (Wildman–Crippen MR) is 66.2 cm³/mol. The first-order valence-electron chi connectivity index (χ1n) is 6.70. The van der Waals surface area contributed by atoms with Gasteiger partial charge in [-0.25, -0.2) is 0 Å². The number of hydrogen-bond acceptors (Lipinski definition) is 4. The minimum absolute atomic E-state index is 0.0711. The molecule has 0 aromatic rings. The van der Waals surface area contributed by atoms with Crippen molar-refractivity contribution in [2.45, 2.75) is 37.3 Å². The van der Waals surface area contributed by atoms with Gasteiger partial charge in [0.25, 0.3) is 0 Å². The van der Waals surface area contributed by atoms with E-state index in [1.54, 1.807) is 0 Å². The molecule has 0 aromatic carbocycles. The molecule has 4 heteroatoms. The van der Waals surface area contributed by atoms with Gasteiger partial charge < -0.3 is 19.5 Å². The molecule has 1 N–H and O–H groups in total. The molecule has 0 bridgehead atoms. The summed E-state index contributed by atoms with van der Waals surface area (Å²) in [6, 6.07) is 0.372. The van der Waals surface area contributed by atoms with E-state index in [1.807, 2.05) is 14.2 Å². The van der Waals surface area contributed by atoms with Crippen molar-refractivity contribution in [1.82, 2.24) is 5.32 Å². The quantitative estimate of drug-likeness (QED) is 0.805. The van der Waals surface area contributed by atoms with Crippen LogP contribution in [0.1, 0.15) is 25.7 Å². The maximum Gasteiger partial charge on any atom is 0.0878 e. The molecule has 0 radical (unpaired) electrons. The largest absolute Gasteiger partial charge is 0.381 e. The molecule has 100 valence electrons. The lowest BCUT2D eigenvalue weighted by Crippen LogP contribution is -2.58. The van der Waals surface area contributed by atoms with Gasteiger partial charge in [-0.2, -0.15) is 0 Å². The third kappa shape index (κ3) is 2.81. The number of hydrogen-bond donors (Lipinski definition) is 1. The van der Waals surface area contributed by atoms with Crippen molar-refractivity contribution in [3.05, 3.63) is 0 Å². The fourth-order valence-electron chi connectivity index (χ4n) is 3.32. The summed E-state index contributed by atoms with van der Waals surface area (Å²) in [7, 11) is 3.87. The summed E-state index contributed by atoms with van der Waals surface area (Å²) in [6.07, 6.45) is 4.35. The van der Waals surface area contributed by atoms with Gasteiger partial charge in [-0.3, -0.25) is 0 Å². The van der Waals surface area contributed by atoms with Crippen LogP contribution in [0.25, 0.3) is 0 Å². The second kappa shape index (κ2) is 6.14. The monoisotopic (exact) mass is 243 g/mol. The molecule has 2 atom stereocenters. The zero-order valence-corrected chi connectivity index (χ0v) is 11.0. The highest BCUT2D eigenvalue weighted by atomic mass is 16.5. The van der Waals surface area contributed by atoms with Crippen LogP contribution in [0.2, 0.25) is 0 Å². The van der Waals surface area contributed by atoms with E-state index in [9.17, 15) is 0 Å². The van der Waals surface area contributed by atoms with E-state index in [2.05, 4.69) is 5.32 Å². The number of likely N-dealkylation sites (N-methyl/N-ethyl adjacent to an activating group) is 1. The number of nitrogens with one attached hydrogen (secondary N) is 1. The van der Waals surface area contributed by atoms with Gasteiger partial charge in [0.05, 0.1) is 12.2 Å². The summed E-state index contributed by atoms with van der Waals surface area (Å²) < 4.78 is 17.0. The molecule has 0 aromatic heterocycles. The van der Waals surface area contributed by atoms with Crippen molar-refractivity contribution >= 4 is 0 Å². The summed E-state index contributed by atoms with van der Waals surface area (Å²) in [6.45, 7) is 3.38. The molecule has 4 nitrogen and oxygen atoms in total. The van der Waals surface area contributed by atoms with Crippen molar-refractivity contribution in [3.63, 3.8) is 0 Å². The Labute approximate surface area is 104 Å². The molecule has 0 aliphatic carbocycles. The predicted octanol–water partition coefficient (Wildman–Crippen LogP) is 1.20. The van der Waals surface area contributed by atoms with Gasteiger partial charge in [-0.15, -0.1) is 0 Å². The molecular formula is C13H25NO3. The van der Waals surface area contributed by atoms with Gasteiger partial charge in [0.1, 0.15) is 0 Å². The summed E-state index contributed by atoms with van der Waals surface area (Å²) in [5, 5.41) is 3.47.